The Bertz CT molecular complexity index is 293. The predicted octanol–water partition coefficient (Wildman–Crippen LogP) is 2.96. The number of carbonyl (C=O) groups excluding carboxylic acids is 1. The summed E-state index contributed by atoms with van der Waals surface area (Å²) in [5, 5.41) is 13.5. The lowest BCUT2D eigenvalue weighted by molar-refractivity contribution is -0.116. The van der Waals surface area contributed by atoms with Crippen molar-refractivity contribution in [1.82, 2.24) is 0 Å². The molecule has 14 heavy (non-hydrogen) atoms. The summed E-state index contributed by atoms with van der Waals surface area (Å²) in [4.78, 5) is 11.3. The molecular formula is C11H14NO2. The average molecular weight is 192 g/mol. The first-order valence-electron chi connectivity index (χ1n) is 4.79. The van der Waals surface area contributed by atoms with E-state index >= 15 is 0 Å². The number of carbonyl (C=O) groups is 1. The summed E-state index contributed by atoms with van der Waals surface area (Å²) in [6, 6.07) is 6.11. The van der Waals surface area contributed by atoms with Crippen molar-refractivity contribution >= 4 is 11.6 Å². The summed E-state index contributed by atoms with van der Waals surface area (Å²) in [7, 11) is 0. The van der Waals surface area contributed by atoms with Crippen LogP contribution in [0.15, 0.2) is 24.3 Å². The molecule has 0 saturated heterocycles. The van der Waals surface area contributed by atoms with E-state index in [1.807, 2.05) is 6.92 Å². The molecule has 1 rings (SSSR count). The smallest absolute Gasteiger partial charge is 0.224 e. The largest absolute Gasteiger partial charge is 0.326 e. The number of anilines is 1. The Morgan fingerprint density at radius 1 is 1.29 bits per heavy atom. The Morgan fingerprint density at radius 3 is 2.50 bits per heavy atom. The Hall–Kier alpha value is -1.51. The van der Waals surface area contributed by atoms with Crippen LogP contribution in [0.4, 0.5) is 5.69 Å². The van der Waals surface area contributed by atoms with Gasteiger partial charge in [0.25, 0.3) is 0 Å². The third-order valence-corrected chi connectivity index (χ3v) is 1.90. The number of hydrogen-bond donors (Lipinski definition) is 1. The third kappa shape index (κ3) is 3.47. The molecule has 1 aromatic carbocycles. The molecule has 1 amide bonds. The van der Waals surface area contributed by atoms with Crippen LogP contribution in [0.2, 0.25) is 0 Å². The first-order valence-corrected chi connectivity index (χ1v) is 4.79. The van der Waals surface area contributed by atoms with Crippen LogP contribution in [-0.4, -0.2) is 5.91 Å². The van der Waals surface area contributed by atoms with Crippen molar-refractivity contribution in [2.24, 2.45) is 0 Å². The molecule has 3 heteroatoms. The fourth-order valence-corrected chi connectivity index (χ4v) is 1.10. The Kier molecular flexibility index (Phi) is 3.98. The molecule has 0 aliphatic carbocycles. The quantitative estimate of drug-likeness (QED) is 0.783. The van der Waals surface area contributed by atoms with Crippen LogP contribution in [0.1, 0.15) is 26.2 Å². The lowest BCUT2D eigenvalue weighted by atomic mass is 10.2. The molecule has 0 atom stereocenters. The second-order valence-electron chi connectivity index (χ2n) is 3.18. The normalized spacial score (nSPS) is 9.79. The van der Waals surface area contributed by atoms with Crippen molar-refractivity contribution in [2.45, 2.75) is 26.2 Å². The highest BCUT2D eigenvalue weighted by Crippen LogP contribution is 2.14. The molecule has 0 bridgehead atoms. The minimum atomic E-state index is -0.0449. The van der Waals surface area contributed by atoms with Crippen LogP contribution in [-0.2, 0) is 9.90 Å². The maximum absolute atomic E-state index is 11.3. The van der Waals surface area contributed by atoms with E-state index in [1.165, 1.54) is 12.1 Å². The van der Waals surface area contributed by atoms with Gasteiger partial charge in [-0.1, -0.05) is 13.3 Å². The van der Waals surface area contributed by atoms with E-state index in [-0.39, 0.29) is 11.7 Å². The number of amides is 1. The van der Waals surface area contributed by atoms with Crippen molar-refractivity contribution in [2.75, 3.05) is 5.32 Å². The zero-order chi connectivity index (χ0) is 10.4. The molecule has 1 N–H and O–H groups in total. The van der Waals surface area contributed by atoms with Crippen molar-refractivity contribution in [3.05, 3.63) is 24.3 Å². The van der Waals surface area contributed by atoms with Crippen molar-refractivity contribution in [3.63, 3.8) is 0 Å². The lowest BCUT2D eigenvalue weighted by Crippen LogP contribution is -2.10. The van der Waals surface area contributed by atoms with Crippen LogP contribution >= 0.6 is 0 Å². The topological polar surface area (TPSA) is 49.0 Å². The molecule has 0 aromatic heterocycles. The molecule has 0 unspecified atom stereocenters. The van der Waals surface area contributed by atoms with Gasteiger partial charge in [-0.05, 0) is 30.7 Å². The Morgan fingerprint density at radius 2 is 1.93 bits per heavy atom. The third-order valence-electron chi connectivity index (χ3n) is 1.90. The van der Waals surface area contributed by atoms with Gasteiger partial charge in [0.15, 0.2) is 5.75 Å². The maximum atomic E-state index is 11.3. The molecule has 1 radical (unpaired) electrons. The van der Waals surface area contributed by atoms with Gasteiger partial charge in [-0.3, -0.25) is 9.90 Å². The second-order valence-corrected chi connectivity index (χ2v) is 3.18. The van der Waals surface area contributed by atoms with Gasteiger partial charge in [-0.25, -0.2) is 0 Å². The van der Waals surface area contributed by atoms with E-state index in [0.29, 0.717) is 12.1 Å². The SMILES string of the molecule is CCCCC(=O)Nc1ccc([O])cc1. The monoisotopic (exact) mass is 192 g/mol. The predicted molar refractivity (Wildman–Crippen MR) is 54.7 cm³/mol. The van der Waals surface area contributed by atoms with Crippen molar-refractivity contribution in [3.8, 4) is 5.75 Å². The standard InChI is InChI=1S/C11H14NO2/c1-2-3-4-11(14)12-9-5-7-10(13)8-6-9/h5-8H,2-4H2,1H3,(H,12,14). The molecule has 3 nitrogen and oxygen atoms in total. The summed E-state index contributed by atoms with van der Waals surface area (Å²) in [6.45, 7) is 2.04. The van der Waals surface area contributed by atoms with Crippen molar-refractivity contribution < 1.29 is 9.90 Å². The van der Waals surface area contributed by atoms with Gasteiger partial charge < -0.3 is 5.32 Å². The first-order chi connectivity index (χ1) is 6.72. The highest BCUT2D eigenvalue weighted by atomic mass is 16.3. The van der Waals surface area contributed by atoms with E-state index in [4.69, 9.17) is 0 Å². The zero-order valence-corrected chi connectivity index (χ0v) is 8.25. The molecule has 0 aliphatic rings. The fourth-order valence-electron chi connectivity index (χ4n) is 1.10. The molecule has 0 aliphatic heterocycles. The summed E-state index contributed by atoms with van der Waals surface area (Å²) in [6.07, 6.45) is 2.44. The molecular weight excluding hydrogens is 178 g/mol. The van der Waals surface area contributed by atoms with Gasteiger partial charge in [0.05, 0.1) is 0 Å². The van der Waals surface area contributed by atoms with Crippen LogP contribution in [0, 0.1) is 0 Å². The average Bonchev–Trinajstić information content (AvgIpc) is 2.18. The summed E-state index contributed by atoms with van der Waals surface area (Å²) < 4.78 is 0. The number of unbranched alkanes of at least 4 members (excludes halogenated alkanes) is 1. The summed E-state index contributed by atoms with van der Waals surface area (Å²) >= 11 is 0. The minimum Gasteiger partial charge on any atom is -0.326 e. The number of hydrogen-bond acceptors (Lipinski definition) is 1. The lowest BCUT2D eigenvalue weighted by Gasteiger charge is -2.03. The minimum absolute atomic E-state index is 0.00509. The van der Waals surface area contributed by atoms with Gasteiger partial charge >= 0.3 is 0 Å². The van der Waals surface area contributed by atoms with E-state index < -0.39 is 0 Å². The first kappa shape index (κ1) is 10.6. The highest BCUT2D eigenvalue weighted by molar-refractivity contribution is 5.90. The number of benzene rings is 1. The Balaban J connectivity index is 2.44. The van der Waals surface area contributed by atoms with Gasteiger partial charge in [-0.15, -0.1) is 0 Å². The van der Waals surface area contributed by atoms with Gasteiger partial charge in [0, 0.05) is 12.1 Å². The molecule has 0 saturated carbocycles. The zero-order valence-electron chi connectivity index (χ0n) is 8.25. The van der Waals surface area contributed by atoms with Crippen LogP contribution < -0.4 is 5.32 Å². The summed E-state index contributed by atoms with van der Waals surface area (Å²) in [5.41, 5.74) is 0.686. The molecule has 1 aromatic rings. The number of nitrogens with one attached hydrogen (secondary N) is 1. The van der Waals surface area contributed by atoms with E-state index in [2.05, 4.69) is 5.32 Å². The second kappa shape index (κ2) is 5.27. The summed E-state index contributed by atoms with van der Waals surface area (Å²) in [5.74, 6) is -0.0398. The van der Waals surface area contributed by atoms with E-state index in [0.717, 1.165) is 12.8 Å². The molecule has 0 heterocycles. The van der Waals surface area contributed by atoms with Crippen LogP contribution in [0.5, 0.6) is 5.75 Å². The van der Waals surface area contributed by atoms with Crippen molar-refractivity contribution in [1.29, 1.82) is 0 Å². The van der Waals surface area contributed by atoms with Crippen LogP contribution in [0.25, 0.3) is 0 Å². The van der Waals surface area contributed by atoms with Crippen LogP contribution in [0.3, 0.4) is 0 Å². The van der Waals surface area contributed by atoms with E-state index in [1.54, 1.807) is 12.1 Å². The number of rotatable bonds is 4. The van der Waals surface area contributed by atoms with Gasteiger partial charge in [0.1, 0.15) is 0 Å². The molecule has 0 fully saturated rings. The van der Waals surface area contributed by atoms with Gasteiger partial charge in [-0.2, -0.15) is 0 Å². The maximum Gasteiger partial charge on any atom is 0.224 e. The van der Waals surface area contributed by atoms with E-state index in [9.17, 15) is 9.90 Å². The Labute approximate surface area is 83.8 Å². The molecule has 0 spiro atoms. The highest BCUT2D eigenvalue weighted by Gasteiger charge is 2.00. The van der Waals surface area contributed by atoms with Gasteiger partial charge in [0.2, 0.25) is 5.91 Å². The fraction of sp³-hybridized carbons (Fsp3) is 0.364. The molecule has 75 valence electrons.